The maximum Gasteiger partial charge on any atom is 0.257 e. The highest BCUT2D eigenvalue weighted by Gasteiger charge is 2.22. The van der Waals surface area contributed by atoms with Crippen LogP contribution in [0.3, 0.4) is 0 Å². The van der Waals surface area contributed by atoms with Crippen LogP contribution in [0.25, 0.3) is 11.1 Å². The molecule has 32 heavy (non-hydrogen) atoms. The molecule has 1 unspecified atom stereocenters. The number of piperidine rings is 1. The first-order valence-corrected chi connectivity index (χ1v) is 10.6. The quantitative estimate of drug-likeness (QED) is 0.526. The number of aromatic nitrogens is 2. The maximum absolute atomic E-state index is 12.8. The SMILES string of the molecule is COc1ccc(C(O)C(=O)Nc2ccc(-c3cn[nH]c3)cc2OC2CCN(C)CC2)cc1. The number of rotatable bonds is 7. The van der Waals surface area contributed by atoms with E-state index in [1.165, 1.54) is 0 Å². The zero-order chi connectivity index (χ0) is 22.5. The number of hydrogen-bond acceptors (Lipinski definition) is 6. The van der Waals surface area contributed by atoms with Crippen LogP contribution in [0.1, 0.15) is 24.5 Å². The van der Waals surface area contributed by atoms with Crippen molar-refractivity contribution in [2.75, 3.05) is 32.6 Å². The van der Waals surface area contributed by atoms with Crippen LogP contribution in [-0.4, -0.2) is 59.5 Å². The summed E-state index contributed by atoms with van der Waals surface area (Å²) in [4.78, 5) is 15.1. The number of hydrogen-bond donors (Lipinski definition) is 3. The molecule has 0 spiro atoms. The first kappa shape index (κ1) is 21.9. The fraction of sp³-hybridized carbons (Fsp3) is 0.333. The van der Waals surface area contributed by atoms with E-state index in [-0.39, 0.29) is 6.10 Å². The number of nitrogens with one attached hydrogen (secondary N) is 2. The molecule has 0 saturated carbocycles. The summed E-state index contributed by atoms with van der Waals surface area (Å²) in [6.07, 6.45) is 4.11. The molecule has 3 aromatic rings. The molecular weight excluding hydrogens is 408 g/mol. The minimum atomic E-state index is -1.31. The van der Waals surface area contributed by atoms with Crippen LogP contribution < -0.4 is 14.8 Å². The van der Waals surface area contributed by atoms with E-state index in [0.717, 1.165) is 37.1 Å². The molecule has 1 aromatic heterocycles. The van der Waals surface area contributed by atoms with Gasteiger partial charge in [-0.3, -0.25) is 9.89 Å². The summed E-state index contributed by atoms with van der Waals surface area (Å²) in [5.74, 6) is 0.706. The number of nitrogens with zero attached hydrogens (tertiary/aromatic N) is 2. The van der Waals surface area contributed by atoms with Gasteiger partial charge < -0.3 is 24.8 Å². The number of ether oxygens (including phenoxy) is 2. The monoisotopic (exact) mass is 436 g/mol. The topological polar surface area (TPSA) is 99.7 Å². The van der Waals surface area contributed by atoms with Crippen LogP contribution in [0.4, 0.5) is 5.69 Å². The molecule has 8 heteroatoms. The molecule has 1 saturated heterocycles. The minimum absolute atomic E-state index is 0.0629. The van der Waals surface area contributed by atoms with Gasteiger partial charge in [0, 0.05) is 24.8 Å². The van der Waals surface area contributed by atoms with Crippen LogP contribution in [0.2, 0.25) is 0 Å². The van der Waals surface area contributed by atoms with Crippen molar-refractivity contribution < 1.29 is 19.4 Å². The molecule has 4 rings (SSSR count). The highest BCUT2D eigenvalue weighted by Crippen LogP contribution is 2.33. The lowest BCUT2D eigenvalue weighted by molar-refractivity contribution is -0.124. The van der Waals surface area contributed by atoms with Crippen LogP contribution in [0, 0.1) is 0 Å². The standard InChI is InChI=1S/C24H28N4O4/c1-28-11-9-20(10-12-28)32-22-13-17(18-14-25-26-15-18)5-8-21(22)27-24(30)23(29)16-3-6-19(31-2)7-4-16/h3-8,13-15,20,23,29H,9-12H2,1-2H3,(H,25,26)(H,27,30). The van der Waals surface area contributed by atoms with Gasteiger partial charge in [0.15, 0.2) is 6.10 Å². The van der Waals surface area contributed by atoms with Gasteiger partial charge in [0.05, 0.1) is 19.0 Å². The molecule has 1 aliphatic heterocycles. The molecule has 2 aromatic carbocycles. The highest BCUT2D eigenvalue weighted by atomic mass is 16.5. The molecule has 3 N–H and O–H groups in total. The Hall–Kier alpha value is -3.36. The Labute approximate surface area is 187 Å². The molecular formula is C24H28N4O4. The molecule has 8 nitrogen and oxygen atoms in total. The molecule has 0 radical (unpaired) electrons. The van der Waals surface area contributed by atoms with Crippen molar-refractivity contribution in [1.29, 1.82) is 0 Å². The van der Waals surface area contributed by atoms with E-state index in [9.17, 15) is 9.90 Å². The summed E-state index contributed by atoms with van der Waals surface area (Å²) in [5, 5.41) is 20.2. The van der Waals surface area contributed by atoms with Crippen molar-refractivity contribution in [3.8, 4) is 22.6 Å². The number of likely N-dealkylation sites (tertiary alicyclic amines) is 1. The van der Waals surface area contributed by atoms with Crippen molar-refractivity contribution in [1.82, 2.24) is 15.1 Å². The molecule has 0 aliphatic carbocycles. The second-order valence-corrected chi connectivity index (χ2v) is 7.98. The van der Waals surface area contributed by atoms with Gasteiger partial charge in [-0.25, -0.2) is 0 Å². The normalized spacial score (nSPS) is 15.8. The predicted molar refractivity (Wildman–Crippen MR) is 122 cm³/mol. The smallest absolute Gasteiger partial charge is 0.257 e. The third-order valence-corrected chi connectivity index (χ3v) is 5.71. The van der Waals surface area contributed by atoms with Crippen molar-refractivity contribution in [3.05, 3.63) is 60.4 Å². The second-order valence-electron chi connectivity index (χ2n) is 7.98. The number of aliphatic hydroxyl groups is 1. The Morgan fingerprint density at radius 3 is 2.59 bits per heavy atom. The molecule has 1 fully saturated rings. The number of carbonyl (C=O) groups excluding carboxylic acids is 1. The van der Waals surface area contributed by atoms with Gasteiger partial charge >= 0.3 is 0 Å². The van der Waals surface area contributed by atoms with E-state index in [0.29, 0.717) is 22.7 Å². The fourth-order valence-corrected chi connectivity index (χ4v) is 3.73. The Balaban J connectivity index is 1.55. The first-order chi connectivity index (χ1) is 15.5. The van der Waals surface area contributed by atoms with E-state index >= 15 is 0 Å². The van der Waals surface area contributed by atoms with Gasteiger partial charge in [-0.05, 0) is 55.3 Å². The molecule has 1 amide bonds. The van der Waals surface area contributed by atoms with E-state index in [1.807, 2.05) is 12.1 Å². The maximum atomic E-state index is 12.8. The number of benzene rings is 2. The van der Waals surface area contributed by atoms with Crippen molar-refractivity contribution in [2.24, 2.45) is 0 Å². The van der Waals surface area contributed by atoms with Crippen LogP contribution in [0.5, 0.6) is 11.5 Å². The second kappa shape index (κ2) is 9.84. The van der Waals surface area contributed by atoms with Gasteiger partial charge in [0.25, 0.3) is 5.91 Å². The van der Waals surface area contributed by atoms with Crippen molar-refractivity contribution >= 4 is 11.6 Å². The van der Waals surface area contributed by atoms with Crippen LogP contribution >= 0.6 is 0 Å². The number of aromatic amines is 1. The van der Waals surface area contributed by atoms with Gasteiger partial charge in [-0.2, -0.15) is 5.10 Å². The molecule has 168 valence electrons. The average molecular weight is 437 g/mol. The summed E-state index contributed by atoms with van der Waals surface area (Å²) < 4.78 is 11.5. The number of aliphatic hydroxyl groups excluding tert-OH is 1. The summed E-state index contributed by atoms with van der Waals surface area (Å²) in [6, 6.07) is 12.3. The summed E-state index contributed by atoms with van der Waals surface area (Å²) >= 11 is 0. The minimum Gasteiger partial charge on any atom is -0.497 e. The highest BCUT2D eigenvalue weighted by molar-refractivity contribution is 5.96. The van der Waals surface area contributed by atoms with Gasteiger partial charge in [-0.1, -0.05) is 18.2 Å². The van der Waals surface area contributed by atoms with E-state index in [1.54, 1.807) is 49.8 Å². The third-order valence-electron chi connectivity index (χ3n) is 5.71. The van der Waals surface area contributed by atoms with Crippen LogP contribution in [-0.2, 0) is 4.79 Å². The van der Waals surface area contributed by atoms with E-state index in [2.05, 4.69) is 27.5 Å². The molecule has 1 aliphatic rings. The predicted octanol–water partition coefficient (Wildman–Crippen LogP) is 3.23. The lowest BCUT2D eigenvalue weighted by atomic mass is 10.1. The van der Waals surface area contributed by atoms with Crippen molar-refractivity contribution in [2.45, 2.75) is 25.0 Å². The Morgan fingerprint density at radius 1 is 1.19 bits per heavy atom. The number of H-pyrrole nitrogens is 1. The number of carbonyl (C=O) groups is 1. The van der Waals surface area contributed by atoms with Gasteiger partial charge in [-0.15, -0.1) is 0 Å². The number of amides is 1. The molecule has 1 atom stereocenters. The van der Waals surface area contributed by atoms with E-state index in [4.69, 9.17) is 9.47 Å². The average Bonchev–Trinajstić information content (AvgIpc) is 3.36. The lowest BCUT2D eigenvalue weighted by Gasteiger charge is -2.30. The number of anilines is 1. The Bertz CT molecular complexity index is 1030. The summed E-state index contributed by atoms with van der Waals surface area (Å²) in [7, 11) is 3.67. The largest absolute Gasteiger partial charge is 0.497 e. The summed E-state index contributed by atoms with van der Waals surface area (Å²) in [5.41, 5.74) is 2.86. The third kappa shape index (κ3) is 5.09. The van der Waals surface area contributed by atoms with Crippen molar-refractivity contribution in [3.63, 3.8) is 0 Å². The molecule has 2 heterocycles. The van der Waals surface area contributed by atoms with Gasteiger partial charge in [0.1, 0.15) is 17.6 Å². The summed E-state index contributed by atoms with van der Waals surface area (Å²) in [6.45, 7) is 1.92. The Kier molecular flexibility index (Phi) is 6.72. The van der Waals surface area contributed by atoms with Crippen LogP contribution in [0.15, 0.2) is 54.9 Å². The zero-order valence-electron chi connectivity index (χ0n) is 18.2. The lowest BCUT2D eigenvalue weighted by Crippen LogP contribution is -2.35. The zero-order valence-corrected chi connectivity index (χ0v) is 18.2. The number of methoxy groups -OCH3 is 1. The van der Waals surface area contributed by atoms with E-state index < -0.39 is 12.0 Å². The van der Waals surface area contributed by atoms with Gasteiger partial charge in [0.2, 0.25) is 0 Å². The first-order valence-electron chi connectivity index (χ1n) is 10.6. The molecule has 0 bridgehead atoms. The fourth-order valence-electron chi connectivity index (χ4n) is 3.73. The Morgan fingerprint density at radius 2 is 1.94 bits per heavy atom.